The molecule has 0 N–H and O–H groups in total. The first kappa shape index (κ1) is 30.8. The maximum absolute atomic E-state index is 13.5. The molecule has 0 unspecified atom stereocenters. The predicted molar refractivity (Wildman–Crippen MR) is 170 cm³/mol. The van der Waals surface area contributed by atoms with Crippen molar-refractivity contribution >= 4 is 28.8 Å². The Balaban J connectivity index is 1.02. The number of hydrogen-bond donors (Lipinski definition) is 0. The number of anilines is 1. The molecule has 2 aliphatic heterocycles. The van der Waals surface area contributed by atoms with Gasteiger partial charge in [-0.25, -0.2) is 4.98 Å². The first-order valence-corrected chi connectivity index (χ1v) is 16.2. The summed E-state index contributed by atoms with van der Waals surface area (Å²) in [6, 6.07) is 25.6. The van der Waals surface area contributed by atoms with Gasteiger partial charge in [-0.05, 0) is 42.2 Å². The van der Waals surface area contributed by atoms with Gasteiger partial charge >= 0.3 is 6.18 Å². The van der Waals surface area contributed by atoms with Gasteiger partial charge in [-0.15, -0.1) is 11.3 Å². The van der Waals surface area contributed by atoms with Gasteiger partial charge in [0.15, 0.2) is 0 Å². The molecule has 0 spiro atoms. The molecule has 10 heteroatoms. The van der Waals surface area contributed by atoms with E-state index in [-0.39, 0.29) is 23.7 Å². The van der Waals surface area contributed by atoms with Crippen LogP contribution in [0.2, 0.25) is 0 Å². The maximum atomic E-state index is 13.5. The fraction of sp³-hybridized carbons (Fsp3) is 0.343. The quantitative estimate of drug-likeness (QED) is 0.219. The first-order chi connectivity index (χ1) is 21.8. The Morgan fingerprint density at radius 1 is 0.800 bits per heavy atom. The normalized spacial score (nSPS) is 16.3. The van der Waals surface area contributed by atoms with E-state index in [2.05, 4.69) is 24.3 Å². The zero-order chi connectivity index (χ0) is 31.4. The molecule has 234 valence electrons. The van der Waals surface area contributed by atoms with Crippen LogP contribution in [0.3, 0.4) is 0 Å². The van der Waals surface area contributed by atoms with Crippen molar-refractivity contribution in [3.63, 3.8) is 0 Å². The number of hydrogen-bond acceptors (Lipinski definition) is 5. The summed E-state index contributed by atoms with van der Waals surface area (Å²) in [7, 11) is 0. The molecule has 2 saturated heterocycles. The predicted octanol–water partition coefficient (Wildman–Crippen LogP) is 7.05. The second kappa shape index (κ2) is 13.4. The lowest BCUT2D eigenvalue weighted by atomic mass is 9.87. The van der Waals surface area contributed by atoms with Crippen LogP contribution in [0.1, 0.15) is 63.3 Å². The fourth-order valence-electron chi connectivity index (χ4n) is 6.26. The van der Waals surface area contributed by atoms with Crippen molar-refractivity contribution in [1.82, 2.24) is 14.8 Å². The van der Waals surface area contributed by atoms with Gasteiger partial charge in [-0.1, -0.05) is 66.7 Å². The van der Waals surface area contributed by atoms with E-state index in [9.17, 15) is 22.8 Å². The zero-order valence-electron chi connectivity index (χ0n) is 24.8. The monoisotopic (exact) mass is 632 g/mol. The van der Waals surface area contributed by atoms with Crippen LogP contribution >= 0.6 is 11.3 Å². The van der Waals surface area contributed by atoms with Gasteiger partial charge in [-0.3, -0.25) is 9.59 Å². The van der Waals surface area contributed by atoms with Crippen LogP contribution in [0.25, 0.3) is 0 Å². The van der Waals surface area contributed by atoms with Gasteiger partial charge in [0, 0.05) is 68.6 Å². The summed E-state index contributed by atoms with van der Waals surface area (Å²) in [5, 5.41) is 2.72. The van der Waals surface area contributed by atoms with E-state index >= 15 is 0 Å². The number of amides is 2. The molecular weight excluding hydrogens is 597 g/mol. The maximum Gasteiger partial charge on any atom is 0.416 e. The molecule has 1 aromatic heterocycles. The lowest BCUT2D eigenvalue weighted by Gasteiger charge is -2.36. The number of likely N-dealkylation sites (tertiary alicyclic amines) is 1. The molecule has 2 aliphatic rings. The third kappa shape index (κ3) is 7.22. The van der Waals surface area contributed by atoms with Crippen molar-refractivity contribution in [3.8, 4) is 0 Å². The van der Waals surface area contributed by atoms with Crippen LogP contribution < -0.4 is 4.90 Å². The molecule has 3 aromatic carbocycles. The third-order valence-corrected chi connectivity index (χ3v) is 9.83. The van der Waals surface area contributed by atoms with Crippen LogP contribution in [0.15, 0.2) is 90.3 Å². The van der Waals surface area contributed by atoms with E-state index in [1.54, 1.807) is 16.3 Å². The SMILES string of the molecule is O=C(CC(c1ccccc1)c1ccccc1)N1CCC(c2nc(C(=O)N3CCN(c4cccc(C(F)(F)F)c4)CC3)cs2)CC1. The van der Waals surface area contributed by atoms with Crippen molar-refractivity contribution < 1.29 is 22.8 Å². The molecule has 6 rings (SSSR count). The van der Waals surface area contributed by atoms with Crippen LogP contribution in [0, 0.1) is 0 Å². The number of halogens is 3. The highest BCUT2D eigenvalue weighted by atomic mass is 32.1. The topological polar surface area (TPSA) is 56.8 Å². The number of carbonyl (C=O) groups excluding carboxylic acids is 2. The summed E-state index contributed by atoms with van der Waals surface area (Å²) < 4.78 is 39.4. The summed E-state index contributed by atoms with van der Waals surface area (Å²) in [6.45, 7) is 3.03. The van der Waals surface area contributed by atoms with Gasteiger partial charge in [0.05, 0.1) is 10.6 Å². The van der Waals surface area contributed by atoms with Crippen molar-refractivity contribution in [2.75, 3.05) is 44.2 Å². The summed E-state index contributed by atoms with van der Waals surface area (Å²) in [5.41, 5.74) is 2.50. The molecule has 2 amide bonds. The van der Waals surface area contributed by atoms with Gasteiger partial charge < -0.3 is 14.7 Å². The second-order valence-electron chi connectivity index (χ2n) is 11.6. The number of piperazine rings is 1. The van der Waals surface area contributed by atoms with E-state index in [1.807, 2.05) is 46.2 Å². The number of piperidine rings is 1. The van der Waals surface area contributed by atoms with Gasteiger partial charge in [0.25, 0.3) is 5.91 Å². The summed E-state index contributed by atoms with van der Waals surface area (Å²) in [6.07, 6.45) is -2.39. The van der Waals surface area contributed by atoms with Gasteiger partial charge in [0.1, 0.15) is 5.69 Å². The molecule has 0 atom stereocenters. The largest absolute Gasteiger partial charge is 0.416 e. The average Bonchev–Trinajstić information content (AvgIpc) is 3.58. The highest BCUT2D eigenvalue weighted by Crippen LogP contribution is 2.34. The third-order valence-electron chi connectivity index (χ3n) is 8.83. The minimum Gasteiger partial charge on any atom is -0.368 e. The van der Waals surface area contributed by atoms with Crippen molar-refractivity contribution in [1.29, 1.82) is 0 Å². The van der Waals surface area contributed by atoms with Crippen LogP contribution in [-0.2, 0) is 11.0 Å². The Labute approximate surface area is 265 Å². The van der Waals surface area contributed by atoms with Gasteiger partial charge in [-0.2, -0.15) is 13.2 Å². The average molecular weight is 633 g/mol. The number of thiazole rings is 1. The smallest absolute Gasteiger partial charge is 0.368 e. The minimum absolute atomic E-state index is 0.00271. The summed E-state index contributed by atoms with van der Waals surface area (Å²) >= 11 is 1.49. The number of aromatic nitrogens is 1. The van der Waals surface area contributed by atoms with Crippen LogP contribution in [-0.4, -0.2) is 65.9 Å². The molecule has 2 fully saturated rings. The van der Waals surface area contributed by atoms with Gasteiger partial charge in [0.2, 0.25) is 5.91 Å². The molecular formula is C35H35F3N4O2S. The van der Waals surface area contributed by atoms with E-state index in [4.69, 9.17) is 4.98 Å². The van der Waals surface area contributed by atoms with Crippen molar-refractivity contribution in [2.24, 2.45) is 0 Å². The van der Waals surface area contributed by atoms with E-state index in [0.717, 1.165) is 41.1 Å². The molecule has 3 heterocycles. The highest BCUT2D eigenvalue weighted by molar-refractivity contribution is 7.09. The molecule has 6 nitrogen and oxygen atoms in total. The van der Waals surface area contributed by atoms with Crippen LogP contribution in [0.4, 0.5) is 18.9 Å². The standard InChI is InChI=1S/C35H35F3N4O2S/c36-35(37,38)28-12-7-13-29(22-28)40-18-20-42(21-19-40)34(44)31-24-45-33(39-31)27-14-16-41(17-15-27)32(43)23-30(25-8-3-1-4-9-25)26-10-5-2-6-11-26/h1-13,22,24,27,30H,14-21,23H2. The lowest BCUT2D eigenvalue weighted by molar-refractivity contribution is -0.137. The number of nitrogens with zero attached hydrogens (tertiary/aromatic N) is 4. The molecule has 0 aliphatic carbocycles. The second-order valence-corrected chi connectivity index (χ2v) is 12.5. The number of carbonyl (C=O) groups is 2. The molecule has 45 heavy (non-hydrogen) atoms. The fourth-order valence-corrected chi connectivity index (χ4v) is 7.23. The summed E-state index contributed by atoms with van der Waals surface area (Å²) in [5.74, 6) is 0.182. The number of alkyl halides is 3. The first-order valence-electron chi connectivity index (χ1n) is 15.3. The summed E-state index contributed by atoms with van der Waals surface area (Å²) in [4.78, 5) is 37.0. The highest BCUT2D eigenvalue weighted by Gasteiger charge is 2.32. The Morgan fingerprint density at radius 2 is 1.42 bits per heavy atom. The molecule has 0 radical (unpaired) electrons. The van der Waals surface area contributed by atoms with E-state index in [1.165, 1.54) is 17.4 Å². The van der Waals surface area contributed by atoms with E-state index in [0.29, 0.717) is 57.1 Å². The molecule has 0 bridgehead atoms. The number of benzene rings is 3. The Bertz CT molecular complexity index is 1560. The van der Waals surface area contributed by atoms with Crippen molar-refractivity contribution in [2.45, 2.75) is 37.3 Å². The lowest BCUT2D eigenvalue weighted by Crippen LogP contribution is -2.49. The Kier molecular flexibility index (Phi) is 9.21. The van der Waals surface area contributed by atoms with E-state index < -0.39 is 11.7 Å². The zero-order valence-corrected chi connectivity index (χ0v) is 25.6. The minimum atomic E-state index is -4.39. The van der Waals surface area contributed by atoms with Crippen molar-refractivity contribution in [3.05, 3.63) is 118 Å². The Hall–Kier alpha value is -4.18. The van der Waals surface area contributed by atoms with Crippen LogP contribution in [0.5, 0.6) is 0 Å². The molecule has 0 saturated carbocycles. The number of rotatable bonds is 7. The molecule has 4 aromatic rings. The Morgan fingerprint density at radius 3 is 2.02 bits per heavy atom.